The number of fused-ring (bicyclic) bond motifs is 1. The van der Waals surface area contributed by atoms with Crippen molar-refractivity contribution < 1.29 is 13.9 Å². The largest absolute Gasteiger partial charge is 0.450 e. The van der Waals surface area contributed by atoms with Crippen LogP contribution in [0, 0.1) is 0 Å². The Hall–Kier alpha value is -4.11. The second-order valence-electron chi connectivity index (χ2n) is 8.91. The maximum absolute atomic E-state index is 13.8. The van der Waals surface area contributed by atoms with Crippen molar-refractivity contribution in [3.05, 3.63) is 144 Å². The molecule has 1 aliphatic heterocycles. The third-order valence-electron chi connectivity index (χ3n) is 6.22. The van der Waals surface area contributed by atoms with Crippen molar-refractivity contribution in [2.75, 3.05) is 0 Å². The second kappa shape index (κ2) is 11.2. The third-order valence-corrected chi connectivity index (χ3v) is 8.38. The van der Waals surface area contributed by atoms with Crippen LogP contribution in [0.3, 0.4) is 0 Å². The van der Waals surface area contributed by atoms with E-state index in [9.17, 15) is 9.59 Å². The van der Waals surface area contributed by atoms with Crippen molar-refractivity contribution in [2.24, 2.45) is 4.99 Å². The smallest absolute Gasteiger partial charge is 0.343 e. The van der Waals surface area contributed by atoms with Crippen molar-refractivity contribution in [1.29, 1.82) is 0 Å². The number of para-hydroxylation sites is 1. The van der Waals surface area contributed by atoms with E-state index in [2.05, 4.69) is 4.99 Å². The van der Waals surface area contributed by atoms with Crippen molar-refractivity contribution in [2.45, 2.75) is 23.0 Å². The summed E-state index contributed by atoms with van der Waals surface area (Å²) in [7, 11) is 0. The van der Waals surface area contributed by atoms with Gasteiger partial charge in [-0.2, -0.15) is 0 Å². The van der Waals surface area contributed by atoms with Crippen LogP contribution in [-0.2, 0) is 4.79 Å². The highest BCUT2D eigenvalue weighted by atomic mass is 35.5. The Morgan fingerprint density at radius 2 is 1.70 bits per heavy atom. The Labute approximate surface area is 242 Å². The SMILES string of the molecule is CC1=C(C(=O)Oc2ccccc2)C(c2ccccc2)n2c(sc(=Cc3ccc(Sc4ccc(Cl)cc4)o3)c2=O)=N1. The topological polar surface area (TPSA) is 73.8 Å². The number of carbonyl (C=O) groups is 1. The number of rotatable bonds is 6. The summed E-state index contributed by atoms with van der Waals surface area (Å²) in [5, 5.41) is 1.35. The molecule has 0 radical (unpaired) electrons. The van der Waals surface area contributed by atoms with Crippen molar-refractivity contribution in [1.82, 2.24) is 4.57 Å². The van der Waals surface area contributed by atoms with E-state index in [1.165, 1.54) is 23.1 Å². The minimum atomic E-state index is -0.691. The van der Waals surface area contributed by atoms with Gasteiger partial charge in [-0.05, 0) is 61.0 Å². The van der Waals surface area contributed by atoms with E-state index in [1.807, 2.05) is 72.8 Å². The Balaban J connectivity index is 1.39. The van der Waals surface area contributed by atoms with Crippen LogP contribution in [-0.4, -0.2) is 10.5 Å². The molecular weight excluding hydrogens is 564 g/mol. The lowest BCUT2D eigenvalue weighted by Crippen LogP contribution is -2.40. The lowest BCUT2D eigenvalue weighted by atomic mass is 9.96. The summed E-state index contributed by atoms with van der Waals surface area (Å²) in [6, 6.07) is 28.8. The lowest BCUT2D eigenvalue weighted by Gasteiger charge is -2.24. The molecule has 0 saturated heterocycles. The van der Waals surface area contributed by atoms with Crippen LogP contribution in [0.15, 0.2) is 133 Å². The number of esters is 1. The van der Waals surface area contributed by atoms with Gasteiger partial charge in [-0.3, -0.25) is 9.36 Å². The summed E-state index contributed by atoms with van der Waals surface area (Å²) in [6.45, 7) is 1.77. The molecule has 0 bridgehead atoms. The maximum Gasteiger partial charge on any atom is 0.343 e. The number of halogens is 1. The van der Waals surface area contributed by atoms with Crippen LogP contribution in [0.1, 0.15) is 24.3 Å². The monoisotopic (exact) mass is 584 g/mol. The molecule has 6 nitrogen and oxygen atoms in total. The normalized spacial score (nSPS) is 15.1. The van der Waals surface area contributed by atoms with Gasteiger partial charge in [0.2, 0.25) is 0 Å². The van der Waals surface area contributed by atoms with Gasteiger partial charge in [-0.15, -0.1) is 0 Å². The number of furan rings is 1. The minimum absolute atomic E-state index is 0.265. The fourth-order valence-electron chi connectivity index (χ4n) is 4.40. The molecule has 40 heavy (non-hydrogen) atoms. The highest BCUT2D eigenvalue weighted by Gasteiger charge is 2.33. The zero-order valence-electron chi connectivity index (χ0n) is 21.1. The first kappa shape index (κ1) is 26.1. The van der Waals surface area contributed by atoms with E-state index >= 15 is 0 Å². The van der Waals surface area contributed by atoms with Gasteiger partial charge in [0.1, 0.15) is 11.5 Å². The van der Waals surface area contributed by atoms with Gasteiger partial charge in [-0.1, -0.05) is 83.2 Å². The van der Waals surface area contributed by atoms with Crippen LogP contribution in [0.2, 0.25) is 5.02 Å². The molecule has 0 N–H and O–H groups in total. The number of carbonyl (C=O) groups excluding carboxylic acids is 1. The second-order valence-corrected chi connectivity index (χ2v) is 11.4. The first-order valence-corrected chi connectivity index (χ1v) is 14.4. The van der Waals surface area contributed by atoms with Gasteiger partial charge in [0.15, 0.2) is 9.89 Å². The highest BCUT2D eigenvalue weighted by molar-refractivity contribution is 7.99. The van der Waals surface area contributed by atoms with Gasteiger partial charge in [-0.25, -0.2) is 9.79 Å². The van der Waals surface area contributed by atoms with Gasteiger partial charge in [0.25, 0.3) is 5.56 Å². The Morgan fingerprint density at radius 3 is 2.42 bits per heavy atom. The molecular formula is C31H21ClN2O4S2. The lowest BCUT2D eigenvalue weighted by molar-refractivity contribution is -0.130. The molecule has 1 atom stereocenters. The number of benzene rings is 3. The molecule has 198 valence electrons. The molecule has 0 aliphatic carbocycles. The summed E-state index contributed by atoms with van der Waals surface area (Å²) in [4.78, 5) is 33.4. The molecule has 3 heterocycles. The Morgan fingerprint density at radius 1 is 1.00 bits per heavy atom. The predicted molar refractivity (Wildman–Crippen MR) is 157 cm³/mol. The van der Waals surface area contributed by atoms with Crippen LogP contribution < -0.4 is 19.6 Å². The number of nitrogens with zero attached hydrogens (tertiary/aromatic N) is 2. The molecule has 0 saturated carbocycles. The highest BCUT2D eigenvalue weighted by Crippen LogP contribution is 2.32. The first-order chi connectivity index (χ1) is 19.5. The van der Waals surface area contributed by atoms with E-state index < -0.39 is 12.0 Å². The maximum atomic E-state index is 13.8. The summed E-state index contributed by atoms with van der Waals surface area (Å²) >= 11 is 8.70. The number of ether oxygens (including phenoxy) is 1. The minimum Gasteiger partial charge on any atom is -0.450 e. The molecule has 6 rings (SSSR count). The molecule has 9 heteroatoms. The number of thiazole rings is 1. The van der Waals surface area contributed by atoms with Crippen molar-refractivity contribution in [3.63, 3.8) is 0 Å². The average Bonchev–Trinajstić information content (AvgIpc) is 3.53. The standard InChI is InChI=1S/C31H21ClN2O4S2/c1-19-27(30(36)38-22-10-6-3-7-11-22)28(20-8-4-2-5-9-20)34-29(35)25(40-31(34)33-19)18-23-14-17-26(37-23)39-24-15-12-21(32)13-16-24/h2-18,28H,1H3. The Bertz CT molecular complexity index is 1910. The van der Waals surface area contributed by atoms with E-state index in [1.54, 1.807) is 41.8 Å². The molecule has 1 aliphatic rings. The van der Waals surface area contributed by atoms with Gasteiger partial charge in [0, 0.05) is 16.0 Å². The van der Waals surface area contributed by atoms with Gasteiger partial charge < -0.3 is 9.15 Å². The molecule has 2 aromatic heterocycles. The molecule has 0 amide bonds. The number of hydrogen-bond acceptors (Lipinski definition) is 7. The first-order valence-electron chi connectivity index (χ1n) is 12.3. The van der Waals surface area contributed by atoms with Gasteiger partial charge >= 0.3 is 5.97 Å². The van der Waals surface area contributed by atoms with Crippen LogP contribution in [0.5, 0.6) is 5.75 Å². The summed E-state index contributed by atoms with van der Waals surface area (Å²) < 4.78 is 13.7. The number of allylic oxidation sites excluding steroid dienone is 1. The number of hydrogen-bond donors (Lipinski definition) is 0. The van der Waals surface area contributed by atoms with E-state index in [-0.39, 0.29) is 5.56 Å². The molecule has 5 aromatic rings. The Kier molecular flexibility index (Phi) is 7.30. The van der Waals surface area contributed by atoms with Crippen LogP contribution in [0.4, 0.5) is 0 Å². The molecule has 3 aromatic carbocycles. The average molecular weight is 585 g/mol. The van der Waals surface area contributed by atoms with Crippen LogP contribution in [0.25, 0.3) is 6.08 Å². The summed E-state index contributed by atoms with van der Waals surface area (Å²) in [6.07, 6.45) is 1.71. The van der Waals surface area contributed by atoms with E-state index in [0.717, 1.165) is 10.5 Å². The zero-order chi connectivity index (χ0) is 27.6. The summed E-state index contributed by atoms with van der Waals surface area (Å²) in [5.41, 5.74) is 1.33. The zero-order valence-corrected chi connectivity index (χ0v) is 23.5. The number of aromatic nitrogens is 1. The fraction of sp³-hybridized carbons (Fsp3) is 0.0645. The molecule has 1 unspecified atom stereocenters. The molecule has 0 fully saturated rings. The fourth-order valence-corrected chi connectivity index (χ4v) is 6.33. The van der Waals surface area contributed by atoms with Gasteiger partial charge in [0.05, 0.1) is 21.8 Å². The quantitative estimate of drug-likeness (QED) is 0.174. The van der Waals surface area contributed by atoms with Crippen molar-refractivity contribution >= 4 is 46.7 Å². The predicted octanol–water partition coefficient (Wildman–Crippen LogP) is 6.24. The van der Waals surface area contributed by atoms with Crippen LogP contribution >= 0.6 is 34.7 Å². The van der Waals surface area contributed by atoms with Crippen molar-refractivity contribution in [3.8, 4) is 5.75 Å². The third kappa shape index (κ3) is 5.34. The van der Waals surface area contributed by atoms with E-state index in [0.29, 0.717) is 42.2 Å². The molecule has 0 spiro atoms. The summed E-state index contributed by atoms with van der Waals surface area (Å²) in [5.74, 6) is 0.407. The van der Waals surface area contributed by atoms with E-state index in [4.69, 9.17) is 20.8 Å².